The SMILES string of the molecule is CC(=O)Nc1cccc(Oc2cccc(Oc3ncnc4scc(-c5nccs5)c34)c2)c1. The van der Waals surface area contributed by atoms with Crippen molar-refractivity contribution < 1.29 is 14.3 Å². The highest BCUT2D eigenvalue weighted by Gasteiger charge is 2.16. The fraction of sp³-hybridized carbons (Fsp3) is 0.0435. The molecule has 0 aliphatic rings. The molecule has 0 atom stereocenters. The van der Waals surface area contributed by atoms with E-state index in [9.17, 15) is 4.79 Å². The summed E-state index contributed by atoms with van der Waals surface area (Å²) in [6, 6.07) is 14.5. The third-order valence-corrected chi connectivity index (χ3v) is 6.10. The van der Waals surface area contributed by atoms with Gasteiger partial charge in [-0.15, -0.1) is 22.7 Å². The first kappa shape index (κ1) is 20.1. The molecule has 0 radical (unpaired) electrons. The van der Waals surface area contributed by atoms with E-state index in [1.807, 2.05) is 41.1 Å². The number of aromatic nitrogens is 3. The molecule has 0 aliphatic carbocycles. The van der Waals surface area contributed by atoms with E-state index in [-0.39, 0.29) is 5.91 Å². The normalized spacial score (nSPS) is 10.8. The molecule has 0 saturated carbocycles. The molecule has 0 aliphatic heterocycles. The Bertz CT molecular complexity index is 1400. The lowest BCUT2D eigenvalue weighted by molar-refractivity contribution is -0.114. The third kappa shape index (κ3) is 4.29. The second-order valence-electron chi connectivity index (χ2n) is 6.73. The van der Waals surface area contributed by atoms with Crippen LogP contribution in [0.4, 0.5) is 5.69 Å². The van der Waals surface area contributed by atoms with Gasteiger partial charge in [-0.1, -0.05) is 12.1 Å². The van der Waals surface area contributed by atoms with Crippen molar-refractivity contribution in [1.82, 2.24) is 15.0 Å². The highest BCUT2D eigenvalue weighted by Crippen LogP contribution is 2.40. The van der Waals surface area contributed by atoms with Gasteiger partial charge in [0.05, 0.1) is 5.39 Å². The Morgan fingerprint density at radius 1 is 0.938 bits per heavy atom. The number of rotatable bonds is 6. The van der Waals surface area contributed by atoms with E-state index in [2.05, 4.69) is 20.3 Å². The zero-order valence-corrected chi connectivity index (χ0v) is 18.4. The maximum absolute atomic E-state index is 11.3. The number of nitrogens with zero attached hydrogens (tertiary/aromatic N) is 3. The van der Waals surface area contributed by atoms with E-state index in [0.717, 1.165) is 20.8 Å². The molecule has 0 fully saturated rings. The van der Waals surface area contributed by atoms with E-state index in [4.69, 9.17) is 9.47 Å². The van der Waals surface area contributed by atoms with Crippen molar-refractivity contribution in [1.29, 1.82) is 0 Å². The number of amides is 1. The minimum absolute atomic E-state index is 0.140. The standard InChI is InChI=1S/C23H16N4O3S2/c1-14(28)27-15-4-2-5-16(10-15)29-17-6-3-7-18(11-17)30-21-20-19(22-24-8-9-31-22)12-32-23(20)26-13-25-21/h2-13H,1H3,(H,27,28). The van der Waals surface area contributed by atoms with E-state index < -0.39 is 0 Å². The first-order chi connectivity index (χ1) is 15.7. The largest absolute Gasteiger partial charge is 0.457 e. The lowest BCUT2D eigenvalue weighted by Crippen LogP contribution is -2.05. The van der Waals surface area contributed by atoms with Crippen LogP contribution >= 0.6 is 22.7 Å². The summed E-state index contributed by atoms with van der Waals surface area (Å²) in [7, 11) is 0. The molecular formula is C23H16N4O3S2. The number of hydrogen-bond acceptors (Lipinski definition) is 8. The van der Waals surface area contributed by atoms with Gasteiger partial charge in [0.2, 0.25) is 11.8 Å². The third-order valence-electron chi connectivity index (χ3n) is 4.41. The van der Waals surface area contributed by atoms with Crippen LogP contribution in [0.2, 0.25) is 0 Å². The Labute approximate surface area is 191 Å². The van der Waals surface area contributed by atoms with Gasteiger partial charge in [-0.2, -0.15) is 0 Å². The second kappa shape index (κ2) is 8.74. The molecule has 9 heteroatoms. The molecule has 32 heavy (non-hydrogen) atoms. The van der Waals surface area contributed by atoms with Gasteiger partial charge in [-0.3, -0.25) is 4.79 Å². The maximum Gasteiger partial charge on any atom is 0.231 e. The zero-order valence-electron chi connectivity index (χ0n) is 16.8. The van der Waals surface area contributed by atoms with Gasteiger partial charge in [-0.25, -0.2) is 15.0 Å². The van der Waals surface area contributed by atoms with Gasteiger partial charge in [0.25, 0.3) is 0 Å². The van der Waals surface area contributed by atoms with Crippen molar-refractivity contribution >= 4 is 44.5 Å². The van der Waals surface area contributed by atoms with Crippen molar-refractivity contribution in [2.75, 3.05) is 5.32 Å². The number of carbonyl (C=O) groups is 1. The molecule has 7 nitrogen and oxygen atoms in total. The van der Waals surface area contributed by atoms with E-state index in [1.165, 1.54) is 24.6 Å². The van der Waals surface area contributed by atoms with Crippen molar-refractivity contribution in [3.8, 4) is 33.7 Å². The smallest absolute Gasteiger partial charge is 0.231 e. The average molecular weight is 461 g/mol. The molecule has 0 saturated heterocycles. The van der Waals surface area contributed by atoms with Crippen LogP contribution < -0.4 is 14.8 Å². The van der Waals surface area contributed by atoms with E-state index >= 15 is 0 Å². The number of ether oxygens (including phenoxy) is 2. The highest BCUT2D eigenvalue weighted by atomic mass is 32.1. The van der Waals surface area contributed by atoms with Gasteiger partial charge in [-0.05, 0) is 24.3 Å². The first-order valence-electron chi connectivity index (χ1n) is 9.61. The maximum atomic E-state index is 11.3. The van der Waals surface area contributed by atoms with Gasteiger partial charge in [0.1, 0.15) is 33.4 Å². The Morgan fingerprint density at radius 3 is 2.50 bits per heavy atom. The van der Waals surface area contributed by atoms with Crippen molar-refractivity contribution in [2.24, 2.45) is 0 Å². The summed E-state index contributed by atoms with van der Waals surface area (Å²) in [5, 5.41) is 8.43. The molecule has 0 unspecified atom stereocenters. The molecule has 1 N–H and O–H groups in total. The topological polar surface area (TPSA) is 86.2 Å². The average Bonchev–Trinajstić information content (AvgIpc) is 3.44. The first-order valence-corrected chi connectivity index (χ1v) is 11.4. The quantitative estimate of drug-likeness (QED) is 0.317. The van der Waals surface area contributed by atoms with Crippen LogP contribution in [0.25, 0.3) is 20.8 Å². The number of thiazole rings is 1. The molecule has 158 valence electrons. The fourth-order valence-corrected chi connectivity index (χ4v) is 4.75. The minimum atomic E-state index is -0.140. The molecule has 3 aromatic heterocycles. The summed E-state index contributed by atoms with van der Waals surface area (Å²) < 4.78 is 12.1. The number of fused-ring (bicyclic) bond motifs is 1. The second-order valence-corrected chi connectivity index (χ2v) is 8.49. The molecule has 5 aromatic rings. The van der Waals surface area contributed by atoms with Crippen LogP contribution in [0.3, 0.4) is 0 Å². The summed E-state index contributed by atoms with van der Waals surface area (Å²) in [4.78, 5) is 25.3. The summed E-state index contributed by atoms with van der Waals surface area (Å²) in [6.45, 7) is 1.46. The summed E-state index contributed by atoms with van der Waals surface area (Å²) in [5.41, 5.74) is 1.62. The van der Waals surface area contributed by atoms with E-state index in [1.54, 1.807) is 35.7 Å². The number of carbonyl (C=O) groups excluding carboxylic acids is 1. The van der Waals surface area contributed by atoms with Gasteiger partial charge < -0.3 is 14.8 Å². The lowest BCUT2D eigenvalue weighted by Gasteiger charge is -2.10. The summed E-state index contributed by atoms with van der Waals surface area (Å²) in [5.74, 6) is 2.10. The predicted molar refractivity (Wildman–Crippen MR) is 126 cm³/mol. The number of anilines is 1. The Kier molecular flexibility index (Phi) is 5.49. The molecule has 2 aromatic carbocycles. The molecule has 5 rings (SSSR count). The fourth-order valence-electron chi connectivity index (χ4n) is 3.13. The lowest BCUT2D eigenvalue weighted by atomic mass is 10.2. The van der Waals surface area contributed by atoms with Crippen LogP contribution in [0.1, 0.15) is 6.92 Å². The monoisotopic (exact) mass is 460 g/mol. The van der Waals surface area contributed by atoms with E-state index in [0.29, 0.717) is 28.8 Å². The molecule has 1 amide bonds. The highest BCUT2D eigenvalue weighted by molar-refractivity contribution is 7.18. The number of benzene rings is 2. The van der Waals surface area contributed by atoms with Gasteiger partial charge in [0, 0.05) is 47.3 Å². The van der Waals surface area contributed by atoms with Gasteiger partial charge in [0.15, 0.2) is 0 Å². The number of thiophene rings is 1. The molecule has 0 spiro atoms. The molecular weight excluding hydrogens is 444 g/mol. The summed E-state index contributed by atoms with van der Waals surface area (Å²) >= 11 is 3.09. The van der Waals surface area contributed by atoms with Crippen LogP contribution in [-0.2, 0) is 4.79 Å². The Hall–Kier alpha value is -3.82. The van der Waals surface area contributed by atoms with Crippen molar-refractivity contribution in [3.05, 3.63) is 71.8 Å². The molecule has 0 bridgehead atoms. The number of nitrogens with one attached hydrogen (secondary N) is 1. The van der Waals surface area contributed by atoms with Crippen LogP contribution in [0.15, 0.2) is 71.8 Å². The predicted octanol–water partition coefficient (Wildman–Crippen LogP) is 6.36. The van der Waals surface area contributed by atoms with Crippen LogP contribution in [0.5, 0.6) is 23.1 Å². The summed E-state index contributed by atoms with van der Waals surface area (Å²) in [6.07, 6.45) is 3.27. The van der Waals surface area contributed by atoms with Crippen molar-refractivity contribution in [2.45, 2.75) is 6.92 Å². The molecule has 3 heterocycles. The Balaban J connectivity index is 1.42. The number of hydrogen-bond donors (Lipinski definition) is 1. The Morgan fingerprint density at radius 2 is 1.72 bits per heavy atom. The van der Waals surface area contributed by atoms with Crippen molar-refractivity contribution in [3.63, 3.8) is 0 Å². The van der Waals surface area contributed by atoms with Crippen LogP contribution in [0, 0.1) is 0 Å². The van der Waals surface area contributed by atoms with Crippen LogP contribution in [-0.4, -0.2) is 20.9 Å². The minimum Gasteiger partial charge on any atom is -0.457 e. The zero-order chi connectivity index (χ0) is 21.9. The van der Waals surface area contributed by atoms with Gasteiger partial charge >= 0.3 is 0 Å².